The number of fused-ring (bicyclic) bond motifs is 1. The Morgan fingerprint density at radius 2 is 1.85 bits per heavy atom. The van der Waals surface area contributed by atoms with Gasteiger partial charge >= 0.3 is 0 Å². The lowest BCUT2D eigenvalue weighted by atomic mass is 9.81. The van der Waals surface area contributed by atoms with Crippen molar-refractivity contribution in [1.29, 1.82) is 0 Å². The number of hydrogen-bond acceptors (Lipinski definition) is 4. The number of carbonyl (C=O) groups excluding carboxylic acids is 3. The third kappa shape index (κ3) is 2.07. The molecule has 0 aromatic carbocycles. The molecule has 1 N–H and O–H groups in total. The van der Waals surface area contributed by atoms with Gasteiger partial charge in [-0.15, -0.1) is 0 Å². The van der Waals surface area contributed by atoms with Gasteiger partial charge in [-0.3, -0.25) is 24.8 Å². The summed E-state index contributed by atoms with van der Waals surface area (Å²) in [5, 5.41) is 0.899. The van der Waals surface area contributed by atoms with Gasteiger partial charge in [0.2, 0.25) is 0 Å². The Morgan fingerprint density at radius 1 is 1.20 bits per heavy atom. The average Bonchev–Trinajstić information content (AvgIpc) is 2.74. The van der Waals surface area contributed by atoms with E-state index in [9.17, 15) is 14.4 Å². The number of imide groups is 1. The Labute approximate surface area is 116 Å². The van der Waals surface area contributed by atoms with Crippen LogP contribution in [-0.4, -0.2) is 27.7 Å². The van der Waals surface area contributed by atoms with Gasteiger partial charge in [-0.1, -0.05) is 12.8 Å². The average molecular weight is 273 g/mol. The lowest BCUT2D eigenvalue weighted by Crippen LogP contribution is -2.46. The molecule has 1 aliphatic carbocycles. The van der Waals surface area contributed by atoms with Crippen LogP contribution in [0.15, 0.2) is 24.5 Å². The first-order chi connectivity index (χ1) is 9.68. The smallest absolute Gasteiger partial charge is 0.271 e. The predicted molar refractivity (Wildman–Crippen MR) is 69.0 cm³/mol. The molecule has 20 heavy (non-hydrogen) atoms. The molecule has 1 aliphatic heterocycles. The van der Waals surface area contributed by atoms with E-state index in [0.717, 1.165) is 30.7 Å². The Hall–Kier alpha value is -2.24. The maximum Gasteiger partial charge on any atom is 0.271 e. The molecule has 2 heterocycles. The highest BCUT2D eigenvalue weighted by Crippen LogP contribution is 2.37. The molecule has 2 fully saturated rings. The molecule has 1 aromatic rings. The summed E-state index contributed by atoms with van der Waals surface area (Å²) in [7, 11) is 0. The molecule has 3 rings (SSSR count). The zero-order valence-electron chi connectivity index (χ0n) is 10.9. The van der Waals surface area contributed by atoms with E-state index < -0.39 is 5.91 Å². The van der Waals surface area contributed by atoms with Crippen LogP contribution >= 0.6 is 0 Å². The van der Waals surface area contributed by atoms with Crippen LogP contribution in [0.5, 0.6) is 0 Å². The molecule has 2 atom stereocenters. The largest absolute Gasteiger partial charge is 0.272 e. The molecule has 6 nitrogen and oxygen atoms in total. The van der Waals surface area contributed by atoms with Crippen molar-refractivity contribution >= 4 is 17.7 Å². The molecule has 0 spiro atoms. The summed E-state index contributed by atoms with van der Waals surface area (Å²) in [5.74, 6) is -1.57. The number of carbonyl (C=O) groups is 3. The minimum Gasteiger partial charge on any atom is -0.272 e. The second kappa shape index (κ2) is 5.03. The van der Waals surface area contributed by atoms with Gasteiger partial charge in [0.15, 0.2) is 0 Å². The number of aromatic nitrogens is 1. The van der Waals surface area contributed by atoms with Crippen LogP contribution < -0.4 is 5.43 Å². The molecule has 0 radical (unpaired) electrons. The van der Waals surface area contributed by atoms with Gasteiger partial charge in [-0.25, -0.2) is 0 Å². The Morgan fingerprint density at radius 3 is 2.40 bits per heavy atom. The molecule has 104 valence electrons. The third-order valence-corrected chi connectivity index (χ3v) is 3.98. The first-order valence-corrected chi connectivity index (χ1v) is 6.77. The van der Waals surface area contributed by atoms with Gasteiger partial charge < -0.3 is 0 Å². The summed E-state index contributed by atoms with van der Waals surface area (Å²) in [6.07, 6.45) is 6.34. The van der Waals surface area contributed by atoms with Gasteiger partial charge in [0.1, 0.15) is 0 Å². The Bertz CT molecular complexity index is 534. The molecule has 1 saturated heterocycles. The Balaban J connectivity index is 1.76. The van der Waals surface area contributed by atoms with E-state index in [1.54, 1.807) is 18.3 Å². The van der Waals surface area contributed by atoms with Crippen LogP contribution in [0, 0.1) is 11.8 Å². The van der Waals surface area contributed by atoms with Crippen LogP contribution in [0.2, 0.25) is 0 Å². The summed E-state index contributed by atoms with van der Waals surface area (Å²) in [6.45, 7) is 0. The topological polar surface area (TPSA) is 79.4 Å². The van der Waals surface area contributed by atoms with Crippen molar-refractivity contribution in [2.24, 2.45) is 11.8 Å². The molecule has 3 amide bonds. The van der Waals surface area contributed by atoms with Crippen molar-refractivity contribution in [1.82, 2.24) is 15.4 Å². The number of nitrogens with zero attached hydrogens (tertiary/aromatic N) is 2. The van der Waals surface area contributed by atoms with Crippen LogP contribution in [0.25, 0.3) is 0 Å². The molecule has 1 aromatic heterocycles. The minimum absolute atomic E-state index is 0.259. The molecule has 2 aliphatic rings. The van der Waals surface area contributed by atoms with E-state index in [-0.39, 0.29) is 23.7 Å². The van der Waals surface area contributed by atoms with Crippen molar-refractivity contribution in [3.63, 3.8) is 0 Å². The van der Waals surface area contributed by atoms with E-state index >= 15 is 0 Å². The number of nitrogens with one attached hydrogen (secondary N) is 1. The van der Waals surface area contributed by atoms with Crippen LogP contribution in [0.3, 0.4) is 0 Å². The van der Waals surface area contributed by atoms with E-state index in [0.29, 0.717) is 5.56 Å². The molecular formula is C14H15N3O3. The maximum atomic E-state index is 12.2. The number of rotatable bonds is 2. The van der Waals surface area contributed by atoms with Crippen LogP contribution in [0.1, 0.15) is 36.0 Å². The van der Waals surface area contributed by atoms with Crippen molar-refractivity contribution in [3.05, 3.63) is 30.1 Å². The van der Waals surface area contributed by atoms with Crippen molar-refractivity contribution in [2.45, 2.75) is 25.7 Å². The predicted octanol–water partition coefficient (Wildman–Crippen LogP) is 0.902. The van der Waals surface area contributed by atoms with Crippen molar-refractivity contribution in [2.75, 3.05) is 0 Å². The number of amides is 3. The van der Waals surface area contributed by atoms with Crippen molar-refractivity contribution < 1.29 is 14.4 Å². The van der Waals surface area contributed by atoms with E-state index in [1.165, 1.54) is 6.20 Å². The monoisotopic (exact) mass is 273 g/mol. The summed E-state index contributed by atoms with van der Waals surface area (Å²) in [6, 6.07) is 3.21. The molecule has 1 saturated carbocycles. The SMILES string of the molecule is O=C(NN1C(=O)[C@H]2CCCC[C@H]2C1=O)c1cccnc1. The standard InChI is InChI=1S/C14H15N3O3/c18-12(9-4-3-7-15-8-9)16-17-13(19)10-5-1-2-6-11(10)14(17)20/h3-4,7-8,10-11H,1-2,5-6H2,(H,16,18)/t10-,11+. The van der Waals surface area contributed by atoms with E-state index in [4.69, 9.17) is 0 Å². The fraction of sp³-hybridized carbons (Fsp3) is 0.429. The highest BCUT2D eigenvalue weighted by Gasteiger charge is 2.49. The summed E-state index contributed by atoms with van der Waals surface area (Å²) >= 11 is 0. The van der Waals surface area contributed by atoms with Crippen LogP contribution in [-0.2, 0) is 9.59 Å². The van der Waals surface area contributed by atoms with E-state index in [2.05, 4.69) is 10.4 Å². The molecular weight excluding hydrogens is 258 g/mol. The van der Waals surface area contributed by atoms with Gasteiger partial charge in [-0.2, -0.15) is 5.01 Å². The summed E-state index contributed by atoms with van der Waals surface area (Å²) in [5.41, 5.74) is 2.73. The summed E-state index contributed by atoms with van der Waals surface area (Å²) in [4.78, 5) is 40.2. The number of hydrogen-bond donors (Lipinski definition) is 1. The van der Waals surface area contributed by atoms with Gasteiger partial charge in [0.05, 0.1) is 17.4 Å². The highest BCUT2D eigenvalue weighted by molar-refractivity contribution is 6.07. The molecule has 6 heteroatoms. The maximum absolute atomic E-state index is 12.2. The Kier molecular flexibility index (Phi) is 3.22. The summed E-state index contributed by atoms with van der Waals surface area (Å²) < 4.78 is 0. The lowest BCUT2D eigenvalue weighted by molar-refractivity contribution is -0.142. The lowest BCUT2D eigenvalue weighted by Gasteiger charge is -2.19. The molecule has 0 unspecified atom stereocenters. The fourth-order valence-electron chi connectivity index (χ4n) is 2.94. The number of hydrazine groups is 1. The van der Waals surface area contributed by atoms with Crippen molar-refractivity contribution in [3.8, 4) is 0 Å². The normalized spacial score (nSPS) is 25.5. The quantitative estimate of drug-likeness (QED) is 0.812. The van der Waals surface area contributed by atoms with Gasteiger partial charge in [0.25, 0.3) is 17.7 Å². The highest BCUT2D eigenvalue weighted by atomic mass is 16.2. The second-order valence-corrected chi connectivity index (χ2v) is 5.19. The van der Waals surface area contributed by atoms with E-state index in [1.807, 2.05) is 0 Å². The zero-order chi connectivity index (χ0) is 14.1. The second-order valence-electron chi connectivity index (χ2n) is 5.19. The van der Waals surface area contributed by atoms with Gasteiger partial charge in [-0.05, 0) is 25.0 Å². The minimum atomic E-state index is -0.488. The molecule has 0 bridgehead atoms. The zero-order valence-corrected chi connectivity index (χ0v) is 10.9. The van der Waals surface area contributed by atoms with Crippen LogP contribution in [0.4, 0.5) is 0 Å². The van der Waals surface area contributed by atoms with Gasteiger partial charge in [0, 0.05) is 12.4 Å². The third-order valence-electron chi connectivity index (χ3n) is 3.98. The fourth-order valence-corrected chi connectivity index (χ4v) is 2.94. The first kappa shape index (κ1) is 12.8. The first-order valence-electron chi connectivity index (χ1n) is 6.77. The number of pyridine rings is 1.